The zero-order valence-electron chi connectivity index (χ0n) is 44.5. The van der Waals surface area contributed by atoms with Gasteiger partial charge in [-0.2, -0.15) is 0 Å². The summed E-state index contributed by atoms with van der Waals surface area (Å²) in [7, 11) is 0. The zero-order valence-corrected chi connectivity index (χ0v) is 44.5. The van der Waals surface area contributed by atoms with Crippen molar-refractivity contribution in [3.8, 4) is 55.6 Å². The van der Waals surface area contributed by atoms with E-state index in [-0.39, 0.29) is 0 Å². The van der Waals surface area contributed by atoms with Crippen molar-refractivity contribution >= 4 is 44.9 Å². The Bertz CT molecular complexity index is 4270. The van der Waals surface area contributed by atoms with E-state index < -0.39 is 5.41 Å². The molecule has 0 N–H and O–H groups in total. The summed E-state index contributed by atoms with van der Waals surface area (Å²) in [5.74, 6) is 0. The van der Waals surface area contributed by atoms with Crippen molar-refractivity contribution < 1.29 is 0 Å². The number of anilines is 6. The molecule has 1 aliphatic carbocycles. The summed E-state index contributed by atoms with van der Waals surface area (Å²) >= 11 is 0. The molecule has 0 radical (unpaired) electrons. The van der Waals surface area contributed by atoms with Crippen LogP contribution in [-0.4, -0.2) is 0 Å². The van der Waals surface area contributed by atoms with E-state index in [2.05, 4.69) is 338 Å². The molecule has 0 spiro atoms. The lowest BCUT2D eigenvalue weighted by Crippen LogP contribution is -2.28. The molecule has 13 aromatic carbocycles. The van der Waals surface area contributed by atoms with Gasteiger partial charge in [0, 0.05) is 34.1 Å². The van der Waals surface area contributed by atoms with Crippen LogP contribution in [0.5, 0.6) is 0 Å². The minimum Gasteiger partial charge on any atom is -0.310 e. The topological polar surface area (TPSA) is 6.48 Å². The van der Waals surface area contributed by atoms with E-state index in [9.17, 15) is 0 Å². The van der Waals surface area contributed by atoms with Gasteiger partial charge in [0.05, 0.1) is 5.41 Å². The Balaban J connectivity index is 0.899. The third-order valence-corrected chi connectivity index (χ3v) is 16.2. The molecule has 14 rings (SSSR count). The largest absolute Gasteiger partial charge is 0.310 e. The zero-order chi connectivity index (χ0) is 53.4. The highest BCUT2D eigenvalue weighted by Gasteiger charge is 2.47. The summed E-state index contributed by atoms with van der Waals surface area (Å²) in [6, 6.07) is 118. The van der Waals surface area contributed by atoms with Crippen LogP contribution >= 0.6 is 0 Å². The third-order valence-electron chi connectivity index (χ3n) is 16.2. The summed E-state index contributed by atoms with van der Waals surface area (Å²) in [4.78, 5) is 4.77. The van der Waals surface area contributed by atoms with Crippen molar-refractivity contribution in [2.45, 2.75) is 12.3 Å². The molecule has 0 aliphatic heterocycles. The Labute approximate surface area is 469 Å². The normalized spacial score (nSPS) is 12.2. The smallest absolute Gasteiger partial charge is 0.0714 e. The van der Waals surface area contributed by atoms with Crippen molar-refractivity contribution in [2.24, 2.45) is 0 Å². The summed E-state index contributed by atoms with van der Waals surface area (Å²) < 4.78 is 0. The second-order valence-corrected chi connectivity index (χ2v) is 20.9. The molecule has 80 heavy (non-hydrogen) atoms. The van der Waals surface area contributed by atoms with Gasteiger partial charge in [-0.1, -0.05) is 237 Å². The van der Waals surface area contributed by atoms with Gasteiger partial charge in [-0.15, -0.1) is 0 Å². The molecule has 0 atom stereocenters. The number of nitrogens with zero attached hydrogens (tertiary/aromatic N) is 2. The molecular formula is C78H56N2. The fourth-order valence-corrected chi connectivity index (χ4v) is 12.6. The van der Waals surface area contributed by atoms with E-state index in [1.807, 2.05) is 0 Å². The predicted octanol–water partition coefficient (Wildman–Crippen LogP) is 21.1. The molecule has 13 aromatic rings. The van der Waals surface area contributed by atoms with Gasteiger partial charge in [-0.05, 0) is 186 Å². The predicted molar refractivity (Wildman–Crippen MR) is 337 cm³/mol. The number of aryl methyl sites for hydroxylation is 1. The summed E-state index contributed by atoms with van der Waals surface area (Å²) in [6.45, 7) is 2.25. The molecule has 0 amide bonds. The van der Waals surface area contributed by atoms with Gasteiger partial charge in [0.15, 0.2) is 0 Å². The van der Waals surface area contributed by atoms with E-state index in [0.29, 0.717) is 0 Å². The Morgan fingerprint density at radius 2 is 0.613 bits per heavy atom. The van der Waals surface area contributed by atoms with Gasteiger partial charge in [0.1, 0.15) is 0 Å². The van der Waals surface area contributed by atoms with Gasteiger partial charge < -0.3 is 9.80 Å². The lowest BCUT2D eigenvalue weighted by molar-refractivity contribution is 0.768. The fourth-order valence-electron chi connectivity index (χ4n) is 12.6. The highest BCUT2D eigenvalue weighted by atomic mass is 15.1. The van der Waals surface area contributed by atoms with E-state index in [1.54, 1.807) is 0 Å². The number of para-hydroxylation sites is 2. The highest BCUT2D eigenvalue weighted by Crippen LogP contribution is 2.58. The van der Waals surface area contributed by atoms with Gasteiger partial charge in [-0.3, -0.25) is 0 Å². The van der Waals surface area contributed by atoms with Gasteiger partial charge >= 0.3 is 0 Å². The molecule has 0 unspecified atom stereocenters. The molecule has 0 saturated carbocycles. The van der Waals surface area contributed by atoms with Crippen LogP contribution in [0.4, 0.5) is 34.1 Å². The number of hydrogen-bond donors (Lipinski definition) is 0. The second-order valence-electron chi connectivity index (χ2n) is 20.9. The summed E-state index contributed by atoms with van der Waals surface area (Å²) in [6.07, 6.45) is 0. The number of benzene rings is 13. The molecule has 2 heteroatoms. The van der Waals surface area contributed by atoms with Crippen molar-refractivity contribution in [2.75, 3.05) is 9.80 Å². The molecule has 0 fully saturated rings. The first-order valence-corrected chi connectivity index (χ1v) is 27.7. The van der Waals surface area contributed by atoms with Crippen LogP contribution in [0.3, 0.4) is 0 Å². The van der Waals surface area contributed by atoms with Gasteiger partial charge in [0.25, 0.3) is 0 Å². The van der Waals surface area contributed by atoms with Crippen LogP contribution in [0.25, 0.3) is 66.4 Å². The molecule has 0 bridgehead atoms. The molecule has 0 heterocycles. The molecule has 2 nitrogen and oxygen atoms in total. The Hall–Kier alpha value is -10.3. The number of fused-ring (bicyclic) bond motifs is 4. The van der Waals surface area contributed by atoms with Crippen molar-refractivity contribution in [1.29, 1.82) is 0 Å². The van der Waals surface area contributed by atoms with Crippen LogP contribution < -0.4 is 9.80 Å². The van der Waals surface area contributed by atoms with Gasteiger partial charge in [-0.25, -0.2) is 0 Å². The third kappa shape index (κ3) is 8.46. The first kappa shape index (κ1) is 48.1. The molecular weight excluding hydrogens is 965 g/mol. The molecule has 0 saturated heterocycles. The molecule has 1 aliphatic rings. The summed E-state index contributed by atoms with van der Waals surface area (Å²) in [5.41, 5.74) is 24.3. The fraction of sp³-hybridized carbons (Fsp3) is 0.0256. The van der Waals surface area contributed by atoms with E-state index in [1.165, 1.54) is 72.0 Å². The number of hydrogen-bond acceptors (Lipinski definition) is 2. The summed E-state index contributed by atoms with van der Waals surface area (Å²) in [5, 5.41) is 2.43. The van der Waals surface area contributed by atoms with Crippen LogP contribution in [0.2, 0.25) is 0 Å². The Morgan fingerprint density at radius 3 is 1.10 bits per heavy atom. The van der Waals surface area contributed by atoms with Crippen LogP contribution in [0.15, 0.2) is 322 Å². The maximum absolute atomic E-state index is 2.46. The maximum atomic E-state index is 2.46. The van der Waals surface area contributed by atoms with Crippen LogP contribution in [-0.2, 0) is 5.41 Å². The van der Waals surface area contributed by atoms with E-state index in [4.69, 9.17) is 0 Å². The van der Waals surface area contributed by atoms with E-state index in [0.717, 1.165) is 56.4 Å². The first-order chi connectivity index (χ1) is 39.6. The standard InChI is InChI=1S/C78H56N2/c1-55-23-22-38-75-77(55)70-50-49-69(52-76(70)78(75,62-30-12-4-13-31-62)63-32-14-5-15-33-63)80(65-36-18-7-19-37-65)67-46-42-60(43-47-67)74-54-71(57-25-8-2-9-26-57)73(53-72(74)58-27-10-3-11-28-58)59-40-44-66(45-41-59)79(64-34-16-6-17-35-64)68-48-39-56-24-20-21-29-61(56)51-68/h2-54H,1H3. The molecule has 378 valence electrons. The quantitative estimate of drug-likeness (QED) is 0.120. The number of rotatable bonds is 12. The van der Waals surface area contributed by atoms with Crippen LogP contribution in [0.1, 0.15) is 27.8 Å². The monoisotopic (exact) mass is 1020 g/mol. The van der Waals surface area contributed by atoms with Crippen LogP contribution in [0, 0.1) is 6.92 Å². The second kappa shape index (κ2) is 20.6. The Kier molecular flexibility index (Phi) is 12.4. The first-order valence-electron chi connectivity index (χ1n) is 27.7. The highest BCUT2D eigenvalue weighted by molar-refractivity contribution is 5.97. The SMILES string of the molecule is Cc1cccc2c1-c1ccc(N(c3ccccc3)c3ccc(-c4cc(-c5ccccc5)c(-c5ccc(N(c6ccccc6)c6ccc7ccccc7c6)cc5)cc4-c4ccccc4)cc3)cc1C2(c1ccccc1)c1ccccc1. The maximum Gasteiger partial charge on any atom is 0.0714 e. The average molecular weight is 1020 g/mol. The molecule has 0 aromatic heterocycles. The van der Waals surface area contributed by atoms with Crippen molar-refractivity contribution in [1.82, 2.24) is 0 Å². The minimum absolute atomic E-state index is 0.527. The van der Waals surface area contributed by atoms with Crippen molar-refractivity contribution in [3.63, 3.8) is 0 Å². The van der Waals surface area contributed by atoms with Gasteiger partial charge in [0.2, 0.25) is 0 Å². The lowest BCUT2D eigenvalue weighted by Gasteiger charge is -2.35. The van der Waals surface area contributed by atoms with Crippen molar-refractivity contribution in [3.05, 3.63) is 349 Å². The Morgan fingerprint density at radius 1 is 0.237 bits per heavy atom. The average Bonchev–Trinajstić information content (AvgIpc) is 3.50. The van der Waals surface area contributed by atoms with E-state index >= 15 is 0 Å². The minimum atomic E-state index is -0.527. The lowest BCUT2D eigenvalue weighted by atomic mass is 9.67.